The number of aromatic carboxylic acids is 1. The molecule has 0 atom stereocenters. The van der Waals surface area contributed by atoms with Crippen LogP contribution in [0, 0.1) is 6.92 Å². The highest BCUT2D eigenvalue weighted by Gasteiger charge is 2.38. The molecule has 1 heterocycles. The Kier molecular flexibility index (Phi) is 3.06. The van der Waals surface area contributed by atoms with E-state index in [0.29, 0.717) is 6.07 Å². The topological polar surface area (TPSA) is 59.4 Å². The molecule has 0 aliphatic heterocycles. The number of halogens is 3. The van der Waals surface area contributed by atoms with Crippen LogP contribution in [0.15, 0.2) is 6.07 Å². The van der Waals surface area contributed by atoms with Crippen molar-refractivity contribution in [1.82, 2.24) is 4.98 Å². The van der Waals surface area contributed by atoms with Crippen molar-refractivity contribution in [1.29, 1.82) is 0 Å². The van der Waals surface area contributed by atoms with Gasteiger partial charge in [-0.15, -0.1) is 0 Å². The maximum absolute atomic E-state index is 12.6. The average Bonchev–Trinajstić information content (AvgIpc) is 2.14. The largest absolute Gasteiger partial charge is 0.480 e. The molecule has 0 saturated heterocycles. The molecule has 16 heavy (non-hydrogen) atoms. The molecule has 0 spiro atoms. The summed E-state index contributed by atoms with van der Waals surface area (Å²) in [4.78, 5) is 14.3. The fourth-order valence-corrected chi connectivity index (χ4v) is 1.22. The zero-order chi connectivity index (χ0) is 12.5. The maximum Gasteiger partial charge on any atom is 0.417 e. The Balaban J connectivity index is 3.57. The van der Waals surface area contributed by atoms with Gasteiger partial charge in [0.25, 0.3) is 0 Å². The molecule has 0 aliphatic rings. The van der Waals surface area contributed by atoms with Crippen LogP contribution in [0.1, 0.15) is 21.6 Å². The first-order chi connectivity index (χ1) is 7.27. The number of nitrogens with zero attached hydrogens (tertiary/aromatic N) is 1. The zero-order valence-corrected chi connectivity index (χ0v) is 8.42. The normalized spacial score (nSPS) is 11.3. The Morgan fingerprint density at radius 2 is 2.06 bits per heavy atom. The molecule has 0 bridgehead atoms. The lowest BCUT2D eigenvalue weighted by Gasteiger charge is -2.13. The predicted molar refractivity (Wildman–Crippen MR) is 47.5 cm³/mol. The van der Waals surface area contributed by atoms with Gasteiger partial charge in [-0.3, -0.25) is 0 Å². The van der Waals surface area contributed by atoms with Crippen molar-refractivity contribution in [3.05, 3.63) is 22.9 Å². The van der Waals surface area contributed by atoms with E-state index < -0.39 is 29.2 Å². The number of carboxylic acid groups (broad SMARTS) is 1. The van der Waals surface area contributed by atoms with Crippen LogP contribution in [-0.4, -0.2) is 23.2 Å². The highest BCUT2D eigenvalue weighted by Crippen LogP contribution is 2.35. The van der Waals surface area contributed by atoms with E-state index in [9.17, 15) is 18.0 Å². The first-order valence-electron chi connectivity index (χ1n) is 4.13. The summed E-state index contributed by atoms with van der Waals surface area (Å²) in [6, 6.07) is 0.673. The van der Waals surface area contributed by atoms with Gasteiger partial charge in [0.05, 0.1) is 12.7 Å². The minimum atomic E-state index is -4.76. The van der Waals surface area contributed by atoms with E-state index in [4.69, 9.17) is 5.11 Å². The van der Waals surface area contributed by atoms with Crippen LogP contribution < -0.4 is 4.74 Å². The summed E-state index contributed by atoms with van der Waals surface area (Å²) in [6.07, 6.45) is -4.76. The van der Waals surface area contributed by atoms with Gasteiger partial charge in [0.15, 0.2) is 0 Å². The van der Waals surface area contributed by atoms with Crippen LogP contribution in [0.5, 0.6) is 5.88 Å². The second-order valence-corrected chi connectivity index (χ2v) is 3.00. The van der Waals surface area contributed by atoms with E-state index in [1.54, 1.807) is 0 Å². The van der Waals surface area contributed by atoms with Crippen molar-refractivity contribution >= 4 is 5.97 Å². The summed E-state index contributed by atoms with van der Waals surface area (Å²) in [7, 11) is 1.06. The van der Waals surface area contributed by atoms with Gasteiger partial charge in [0, 0.05) is 5.69 Å². The van der Waals surface area contributed by atoms with Gasteiger partial charge in [-0.1, -0.05) is 0 Å². The Bertz CT molecular complexity index is 429. The molecule has 1 aromatic heterocycles. The summed E-state index contributed by atoms with van der Waals surface area (Å²) < 4.78 is 42.2. The van der Waals surface area contributed by atoms with Gasteiger partial charge < -0.3 is 9.84 Å². The molecule has 1 N–H and O–H groups in total. The van der Waals surface area contributed by atoms with E-state index >= 15 is 0 Å². The smallest absolute Gasteiger partial charge is 0.417 e. The Morgan fingerprint density at radius 1 is 1.50 bits per heavy atom. The van der Waals surface area contributed by atoms with Gasteiger partial charge in [-0.25, -0.2) is 9.78 Å². The number of ether oxygens (including phenoxy) is 1. The van der Waals surface area contributed by atoms with Gasteiger partial charge in [-0.2, -0.15) is 13.2 Å². The van der Waals surface area contributed by atoms with Crippen LogP contribution in [0.2, 0.25) is 0 Å². The third-order valence-electron chi connectivity index (χ3n) is 1.83. The number of hydrogen-bond donors (Lipinski definition) is 1. The molecule has 0 aliphatic carbocycles. The maximum atomic E-state index is 12.6. The number of pyridine rings is 1. The van der Waals surface area contributed by atoms with E-state index in [-0.39, 0.29) is 5.69 Å². The molecule has 0 aromatic carbocycles. The van der Waals surface area contributed by atoms with Crippen LogP contribution in [0.25, 0.3) is 0 Å². The Morgan fingerprint density at radius 3 is 2.44 bits per heavy atom. The number of carbonyl (C=O) groups is 1. The summed E-state index contributed by atoms with van der Waals surface area (Å²) in [6.45, 7) is 1.32. The molecular weight excluding hydrogens is 227 g/mol. The van der Waals surface area contributed by atoms with Crippen LogP contribution in [0.3, 0.4) is 0 Å². The third-order valence-corrected chi connectivity index (χ3v) is 1.83. The van der Waals surface area contributed by atoms with Gasteiger partial charge in [0.2, 0.25) is 5.88 Å². The monoisotopic (exact) mass is 235 g/mol. The number of alkyl halides is 3. The lowest BCUT2D eigenvalue weighted by atomic mass is 10.1. The molecular formula is C9H8F3NO3. The average molecular weight is 235 g/mol. The van der Waals surface area contributed by atoms with Crippen LogP contribution in [0.4, 0.5) is 13.2 Å². The number of methoxy groups -OCH3 is 1. The number of aryl methyl sites for hydroxylation is 1. The van der Waals surface area contributed by atoms with Crippen molar-refractivity contribution in [2.24, 2.45) is 0 Å². The molecule has 7 heteroatoms. The summed E-state index contributed by atoms with van der Waals surface area (Å²) in [5, 5.41) is 8.71. The molecule has 4 nitrogen and oxygen atoms in total. The molecule has 0 saturated carbocycles. The van der Waals surface area contributed by atoms with E-state index in [0.717, 1.165) is 7.11 Å². The lowest BCUT2D eigenvalue weighted by Crippen LogP contribution is -2.15. The Labute approximate surface area is 88.7 Å². The van der Waals surface area contributed by atoms with Crippen molar-refractivity contribution in [3.63, 3.8) is 0 Å². The minimum Gasteiger partial charge on any atom is -0.480 e. The van der Waals surface area contributed by atoms with Gasteiger partial charge in [0.1, 0.15) is 5.56 Å². The summed E-state index contributed by atoms with van der Waals surface area (Å²) in [5.74, 6) is -2.27. The van der Waals surface area contributed by atoms with Crippen LogP contribution in [-0.2, 0) is 6.18 Å². The summed E-state index contributed by atoms with van der Waals surface area (Å²) in [5.41, 5.74) is -2.20. The standard InChI is InChI=1S/C9H8F3NO3/c1-4-3-5(9(10,11)12)6(8(14)15)7(13-4)16-2/h3H,1-2H3,(H,14,15). The first-order valence-corrected chi connectivity index (χ1v) is 4.13. The van der Waals surface area contributed by atoms with Crippen molar-refractivity contribution < 1.29 is 27.8 Å². The van der Waals surface area contributed by atoms with Crippen LogP contribution >= 0.6 is 0 Å². The Hall–Kier alpha value is -1.79. The molecule has 88 valence electrons. The lowest BCUT2D eigenvalue weighted by molar-refractivity contribution is -0.138. The predicted octanol–water partition coefficient (Wildman–Crippen LogP) is 2.12. The number of rotatable bonds is 2. The van der Waals surface area contributed by atoms with Gasteiger partial charge in [-0.05, 0) is 13.0 Å². The summed E-state index contributed by atoms with van der Waals surface area (Å²) >= 11 is 0. The van der Waals surface area contributed by atoms with E-state index in [2.05, 4.69) is 9.72 Å². The molecule has 0 fully saturated rings. The van der Waals surface area contributed by atoms with Gasteiger partial charge >= 0.3 is 12.1 Å². The highest BCUT2D eigenvalue weighted by molar-refractivity contribution is 5.92. The fraction of sp³-hybridized carbons (Fsp3) is 0.333. The SMILES string of the molecule is COc1nc(C)cc(C(F)(F)F)c1C(=O)O. The molecule has 1 rings (SSSR count). The fourth-order valence-electron chi connectivity index (χ4n) is 1.22. The molecule has 1 aromatic rings. The second kappa shape index (κ2) is 3.99. The minimum absolute atomic E-state index is 0.0363. The van der Waals surface area contributed by atoms with Crippen molar-refractivity contribution in [2.45, 2.75) is 13.1 Å². The number of hydrogen-bond acceptors (Lipinski definition) is 3. The second-order valence-electron chi connectivity index (χ2n) is 3.00. The zero-order valence-electron chi connectivity index (χ0n) is 8.42. The van der Waals surface area contributed by atoms with Crippen molar-refractivity contribution in [2.75, 3.05) is 7.11 Å². The highest BCUT2D eigenvalue weighted by atomic mass is 19.4. The van der Waals surface area contributed by atoms with Crippen molar-refractivity contribution in [3.8, 4) is 5.88 Å². The first kappa shape index (κ1) is 12.3. The van der Waals surface area contributed by atoms with E-state index in [1.807, 2.05) is 0 Å². The number of aromatic nitrogens is 1. The molecule has 0 unspecified atom stereocenters. The molecule has 0 amide bonds. The third kappa shape index (κ3) is 2.23. The van der Waals surface area contributed by atoms with E-state index in [1.165, 1.54) is 6.92 Å². The molecule has 0 radical (unpaired) electrons. The number of carboxylic acids is 1. The quantitative estimate of drug-likeness (QED) is 0.852.